The summed E-state index contributed by atoms with van der Waals surface area (Å²) < 4.78 is 23.8. The van der Waals surface area contributed by atoms with Crippen molar-refractivity contribution in [3.63, 3.8) is 0 Å². The van der Waals surface area contributed by atoms with E-state index in [4.69, 9.17) is 10.7 Å². The van der Waals surface area contributed by atoms with Crippen LogP contribution in [0.4, 0.5) is 0 Å². The van der Waals surface area contributed by atoms with Crippen molar-refractivity contribution < 1.29 is 8.42 Å². The van der Waals surface area contributed by atoms with Crippen molar-refractivity contribution in [2.24, 2.45) is 0 Å². The van der Waals surface area contributed by atoms with E-state index in [0.717, 1.165) is 31.2 Å². The normalized spacial score (nSPS) is 13.1. The Hall–Kier alpha value is -0.540. The minimum absolute atomic E-state index is 0.299. The minimum atomic E-state index is -3.68. The van der Waals surface area contributed by atoms with E-state index in [2.05, 4.69) is 13.8 Å². The minimum Gasteiger partial charge on any atom is -0.207 e. The fourth-order valence-electron chi connectivity index (χ4n) is 3.31. The zero-order chi connectivity index (χ0) is 17.8. The molecule has 1 aromatic rings. The van der Waals surface area contributed by atoms with Crippen molar-refractivity contribution in [3.05, 3.63) is 29.8 Å². The van der Waals surface area contributed by atoms with Crippen molar-refractivity contribution in [2.45, 2.75) is 95.3 Å². The Kier molecular flexibility index (Phi) is 10.7. The molecule has 0 saturated carbocycles. The third-order valence-electron chi connectivity index (χ3n) is 4.68. The van der Waals surface area contributed by atoms with Gasteiger partial charge in [-0.2, -0.15) is 0 Å². The molecule has 0 N–H and O–H groups in total. The maximum Gasteiger partial charge on any atom is 0.261 e. The molecule has 1 atom stereocenters. The van der Waals surface area contributed by atoms with E-state index in [0.29, 0.717) is 10.8 Å². The van der Waals surface area contributed by atoms with Gasteiger partial charge >= 0.3 is 0 Å². The summed E-state index contributed by atoms with van der Waals surface area (Å²) in [5, 5.41) is 0. The Morgan fingerprint density at radius 1 is 0.833 bits per heavy atom. The van der Waals surface area contributed by atoms with Crippen molar-refractivity contribution >= 4 is 19.7 Å². The predicted molar refractivity (Wildman–Crippen MR) is 104 cm³/mol. The van der Waals surface area contributed by atoms with Crippen LogP contribution < -0.4 is 0 Å². The first-order valence-corrected chi connectivity index (χ1v) is 11.8. The molecule has 0 aliphatic rings. The largest absolute Gasteiger partial charge is 0.261 e. The summed E-state index contributed by atoms with van der Waals surface area (Å²) in [6, 6.07) is 7.28. The summed E-state index contributed by atoms with van der Waals surface area (Å²) in [4.78, 5) is 0.306. The molecule has 1 unspecified atom stereocenters. The van der Waals surface area contributed by atoms with Crippen LogP contribution in [0.25, 0.3) is 0 Å². The van der Waals surface area contributed by atoms with E-state index in [1.54, 1.807) is 12.1 Å². The first-order valence-electron chi connectivity index (χ1n) is 9.54. The highest BCUT2D eigenvalue weighted by Gasteiger charge is 2.21. The number of hydrogen-bond acceptors (Lipinski definition) is 2. The molecule has 138 valence electrons. The number of unbranched alkanes of at least 4 members (excludes halogenated alkanes) is 7. The van der Waals surface area contributed by atoms with Crippen LogP contribution in [0.15, 0.2) is 29.2 Å². The van der Waals surface area contributed by atoms with Crippen molar-refractivity contribution in [1.29, 1.82) is 0 Å². The van der Waals surface area contributed by atoms with E-state index in [9.17, 15) is 8.42 Å². The first-order chi connectivity index (χ1) is 11.5. The molecular formula is C20H33ClO2S. The molecular weight excluding hydrogens is 340 g/mol. The third kappa shape index (κ3) is 8.02. The van der Waals surface area contributed by atoms with Crippen LogP contribution in [0.5, 0.6) is 0 Å². The molecule has 4 heteroatoms. The van der Waals surface area contributed by atoms with Gasteiger partial charge in [0.15, 0.2) is 0 Å². The summed E-state index contributed by atoms with van der Waals surface area (Å²) in [6.07, 6.45) is 13.1. The highest BCUT2D eigenvalue weighted by Crippen LogP contribution is 2.34. The molecule has 0 heterocycles. The van der Waals surface area contributed by atoms with Crippen LogP contribution in [-0.4, -0.2) is 8.42 Å². The second kappa shape index (κ2) is 11.9. The second-order valence-corrected chi connectivity index (χ2v) is 9.26. The lowest BCUT2D eigenvalue weighted by Gasteiger charge is -2.20. The lowest BCUT2D eigenvalue weighted by molar-refractivity contribution is 0.488. The van der Waals surface area contributed by atoms with Crippen LogP contribution >= 0.6 is 10.7 Å². The van der Waals surface area contributed by atoms with E-state index in [-0.39, 0.29) is 0 Å². The molecule has 0 saturated heterocycles. The summed E-state index contributed by atoms with van der Waals surface area (Å²) >= 11 is 0. The Bertz CT molecular complexity index is 555. The molecule has 0 aliphatic carbocycles. The number of hydrogen-bond donors (Lipinski definition) is 0. The SMILES string of the molecule is CCCCCCCC(CCCCCC)c1ccccc1S(=O)(=O)Cl. The summed E-state index contributed by atoms with van der Waals surface area (Å²) in [6.45, 7) is 4.43. The van der Waals surface area contributed by atoms with E-state index < -0.39 is 9.05 Å². The molecule has 2 nitrogen and oxygen atoms in total. The molecule has 1 rings (SSSR count). The maximum atomic E-state index is 11.9. The van der Waals surface area contributed by atoms with Crippen molar-refractivity contribution in [3.8, 4) is 0 Å². The Labute approximate surface area is 153 Å². The highest BCUT2D eigenvalue weighted by molar-refractivity contribution is 8.13. The zero-order valence-electron chi connectivity index (χ0n) is 15.3. The predicted octanol–water partition coefficient (Wildman–Crippen LogP) is 7.03. The fourth-order valence-corrected chi connectivity index (χ4v) is 4.49. The lowest BCUT2D eigenvalue weighted by Crippen LogP contribution is -2.06. The summed E-state index contributed by atoms with van der Waals surface area (Å²) in [7, 11) is 1.99. The van der Waals surface area contributed by atoms with Gasteiger partial charge in [0.2, 0.25) is 0 Å². The van der Waals surface area contributed by atoms with Crippen LogP contribution in [0, 0.1) is 0 Å². The van der Waals surface area contributed by atoms with Gasteiger partial charge in [-0.1, -0.05) is 89.8 Å². The average Bonchev–Trinajstić information content (AvgIpc) is 2.56. The molecule has 0 radical (unpaired) electrons. The topological polar surface area (TPSA) is 34.1 Å². The average molecular weight is 373 g/mol. The third-order valence-corrected chi connectivity index (χ3v) is 6.08. The van der Waals surface area contributed by atoms with Gasteiger partial charge in [-0.05, 0) is 30.4 Å². The zero-order valence-corrected chi connectivity index (χ0v) is 16.8. The van der Waals surface area contributed by atoms with E-state index in [1.807, 2.05) is 12.1 Å². The monoisotopic (exact) mass is 372 g/mol. The highest BCUT2D eigenvalue weighted by atomic mass is 35.7. The van der Waals surface area contributed by atoms with Gasteiger partial charge < -0.3 is 0 Å². The molecule has 0 aliphatic heterocycles. The lowest BCUT2D eigenvalue weighted by atomic mass is 9.88. The molecule has 24 heavy (non-hydrogen) atoms. The standard InChI is InChI=1S/C20H33ClO2S/c1-3-5-7-9-11-15-18(14-10-8-6-4-2)19-16-12-13-17-20(19)24(21,22)23/h12-13,16-18H,3-11,14-15H2,1-2H3. The quantitative estimate of drug-likeness (QED) is 0.275. The van der Waals surface area contributed by atoms with Gasteiger partial charge in [-0.15, -0.1) is 0 Å². The van der Waals surface area contributed by atoms with E-state index >= 15 is 0 Å². The fraction of sp³-hybridized carbons (Fsp3) is 0.700. The van der Waals surface area contributed by atoms with Gasteiger partial charge in [0, 0.05) is 10.7 Å². The van der Waals surface area contributed by atoms with Gasteiger partial charge in [0.1, 0.15) is 0 Å². The summed E-state index contributed by atoms with van der Waals surface area (Å²) in [5.74, 6) is 0.299. The molecule has 0 bridgehead atoms. The van der Waals surface area contributed by atoms with Crippen molar-refractivity contribution in [1.82, 2.24) is 0 Å². The van der Waals surface area contributed by atoms with Gasteiger partial charge in [-0.25, -0.2) is 8.42 Å². The van der Waals surface area contributed by atoms with Crippen LogP contribution in [0.1, 0.15) is 96.0 Å². The van der Waals surface area contributed by atoms with Gasteiger partial charge in [-0.3, -0.25) is 0 Å². The maximum absolute atomic E-state index is 11.9. The smallest absolute Gasteiger partial charge is 0.207 e. The van der Waals surface area contributed by atoms with Crippen LogP contribution in [0.2, 0.25) is 0 Å². The van der Waals surface area contributed by atoms with Gasteiger partial charge in [0.25, 0.3) is 9.05 Å². The molecule has 1 aromatic carbocycles. The van der Waals surface area contributed by atoms with Crippen LogP contribution in [0.3, 0.4) is 0 Å². The molecule has 0 fully saturated rings. The Balaban J connectivity index is 2.80. The second-order valence-electron chi connectivity index (χ2n) is 6.72. The molecule has 0 amide bonds. The number of benzene rings is 1. The number of rotatable bonds is 13. The van der Waals surface area contributed by atoms with Crippen molar-refractivity contribution in [2.75, 3.05) is 0 Å². The molecule has 0 spiro atoms. The Morgan fingerprint density at radius 2 is 1.33 bits per heavy atom. The van der Waals surface area contributed by atoms with Crippen LogP contribution in [-0.2, 0) is 9.05 Å². The Morgan fingerprint density at radius 3 is 1.88 bits per heavy atom. The molecule has 0 aromatic heterocycles. The summed E-state index contributed by atoms with van der Waals surface area (Å²) in [5.41, 5.74) is 0.916. The number of halogens is 1. The van der Waals surface area contributed by atoms with Gasteiger partial charge in [0.05, 0.1) is 4.90 Å². The van der Waals surface area contributed by atoms with E-state index in [1.165, 1.54) is 44.9 Å². The first kappa shape index (κ1) is 21.5.